The number of halogens is 1. The van der Waals surface area contributed by atoms with Crippen molar-refractivity contribution in [3.63, 3.8) is 0 Å². The van der Waals surface area contributed by atoms with Crippen LogP contribution in [0.15, 0.2) is 35.9 Å². The Morgan fingerprint density at radius 3 is 2.56 bits per heavy atom. The van der Waals surface area contributed by atoms with Crippen LogP contribution in [0.5, 0.6) is 0 Å². The molecule has 0 saturated carbocycles. The molecule has 0 fully saturated rings. The third-order valence-corrected chi connectivity index (χ3v) is 3.85. The van der Waals surface area contributed by atoms with Gasteiger partial charge >= 0.3 is 0 Å². The molecule has 0 nitrogen and oxygen atoms in total. The first-order chi connectivity index (χ1) is 7.63. The molecule has 0 aliphatic carbocycles. The predicted octanol–water partition coefficient (Wildman–Crippen LogP) is 4.98. The summed E-state index contributed by atoms with van der Waals surface area (Å²) in [6.45, 7) is 6.47. The van der Waals surface area contributed by atoms with Gasteiger partial charge in [-0.3, -0.25) is 0 Å². The van der Waals surface area contributed by atoms with Gasteiger partial charge in [0.25, 0.3) is 0 Å². The van der Waals surface area contributed by atoms with Gasteiger partial charge in [0, 0.05) is 11.0 Å². The highest BCUT2D eigenvalue weighted by molar-refractivity contribution is 7.99. The summed E-state index contributed by atoms with van der Waals surface area (Å²) in [5.41, 5.74) is 2.61. The molecule has 88 valence electrons. The summed E-state index contributed by atoms with van der Waals surface area (Å²) >= 11 is 1.89. The number of allylic oxidation sites excluding steroid dienone is 1. The Kier molecular flexibility index (Phi) is 5.61. The molecule has 1 aromatic carbocycles. The first-order valence-electron chi connectivity index (χ1n) is 5.66. The fourth-order valence-electron chi connectivity index (χ4n) is 1.49. The number of hydrogen-bond acceptors (Lipinski definition) is 1. The Balaban J connectivity index is 2.49. The normalized spacial score (nSPS) is 13.9. The molecule has 0 aliphatic heterocycles. The van der Waals surface area contributed by atoms with Crippen LogP contribution in [0.3, 0.4) is 0 Å². The molecule has 0 heterocycles. The first kappa shape index (κ1) is 13.3. The third kappa shape index (κ3) is 4.40. The van der Waals surface area contributed by atoms with Gasteiger partial charge in [0.05, 0.1) is 0 Å². The van der Waals surface area contributed by atoms with E-state index in [2.05, 4.69) is 26.8 Å². The molecule has 0 bridgehead atoms. The van der Waals surface area contributed by atoms with Crippen molar-refractivity contribution in [1.29, 1.82) is 0 Å². The van der Waals surface area contributed by atoms with Crippen LogP contribution < -0.4 is 0 Å². The lowest BCUT2D eigenvalue weighted by Crippen LogP contribution is -1.91. The molecule has 0 aromatic heterocycles. The second-order valence-electron chi connectivity index (χ2n) is 3.96. The highest BCUT2D eigenvalue weighted by Gasteiger charge is 2.05. The van der Waals surface area contributed by atoms with Crippen LogP contribution in [0.1, 0.15) is 38.0 Å². The number of hydrogen-bond donors (Lipinski definition) is 0. The van der Waals surface area contributed by atoms with Gasteiger partial charge in [-0.1, -0.05) is 30.7 Å². The van der Waals surface area contributed by atoms with Gasteiger partial charge < -0.3 is 0 Å². The summed E-state index contributed by atoms with van der Waals surface area (Å²) in [6, 6.07) is 6.79. The van der Waals surface area contributed by atoms with E-state index in [-0.39, 0.29) is 5.82 Å². The van der Waals surface area contributed by atoms with Crippen molar-refractivity contribution in [2.75, 3.05) is 5.75 Å². The quantitative estimate of drug-likeness (QED) is 0.652. The predicted molar refractivity (Wildman–Crippen MR) is 71.3 cm³/mol. The maximum Gasteiger partial charge on any atom is 0.123 e. The first-order valence-corrected chi connectivity index (χ1v) is 6.71. The molecule has 1 rings (SSSR count). The Labute approximate surface area is 102 Å². The lowest BCUT2D eigenvalue weighted by Gasteiger charge is -2.11. The Morgan fingerprint density at radius 2 is 2.00 bits per heavy atom. The fourth-order valence-corrected chi connectivity index (χ4v) is 2.47. The SMILES string of the molecule is CC/C=C(/C)CSC(C)c1ccc(F)cc1. The zero-order valence-electron chi connectivity index (χ0n) is 10.2. The van der Waals surface area contributed by atoms with Gasteiger partial charge in [0.15, 0.2) is 0 Å². The van der Waals surface area contributed by atoms with Gasteiger partial charge in [0.1, 0.15) is 5.82 Å². The minimum absolute atomic E-state index is 0.164. The molecule has 0 spiro atoms. The van der Waals surface area contributed by atoms with Crippen molar-refractivity contribution in [3.8, 4) is 0 Å². The average molecular weight is 238 g/mol. The summed E-state index contributed by atoms with van der Waals surface area (Å²) in [4.78, 5) is 0. The van der Waals surface area contributed by atoms with E-state index in [0.29, 0.717) is 5.25 Å². The highest BCUT2D eigenvalue weighted by Crippen LogP contribution is 2.29. The monoisotopic (exact) mass is 238 g/mol. The Bertz CT molecular complexity index is 340. The van der Waals surface area contributed by atoms with Gasteiger partial charge in [-0.05, 0) is 38.0 Å². The number of rotatable bonds is 5. The summed E-state index contributed by atoms with van der Waals surface area (Å²) in [5, 5.41) is 0.417. The largest absolute Gasteiger partial charge is 0.207 e. The topological polar surface area (TPSA) is 0 Å². The lowest BCUT2D eigenvalue weighted by molar-refractivity contribution is 0.627. The third-order valence-electron chi connectivity index (χ3n) is 2.45. The van der Waals surface area contributed by atoms with Gasteiger partial charge in [-0.2, -0.15) is 0 Å². The zero-order valence-corrected chi connectivity index (χ0v) is 11.0. The molecule has 16 heavy (non-hydrogen) atoms. The van der Waals surface area contributed by atoms with E-state index in [1.54, 1.807) is 0 Å². The fraction of sp³-hybridized carbons (Fsp3) is 0.429. The molecule has 0 amide bonds. The maximum absolute atomic E-state index is 12.7. The van der Waals surface area contributed by atoms with Crippen molar-refractivity contribution in [2.45, 2.75) is 32.4 Å². The second-order valence-corrected chi connectivity index (χ2v) is 5.29. The standard InChI is InChI=1S/C14H19FS/c1-4-5-11(2)10-16-12(3)13-6-8-14(15)9-7-13/h5-9,12H,4,10H2,1-3H3/b11-5-. The lowest BCUT2D eigenvalue weighted by atomic mass is 10.2. The Morgan fingerprint density at radius 1 is 1.38 bits per heavy atom. The van der Waals surface area contributed by atoms with E-state index in [0.717, 1.165) is 12.2 Å². The van der Waals surface area contributed by atoms with Gasteiger partial charge in [0.2, 0.25) is 0 Å². The molecule has 0 saturated heterocycles. The van der Waals surface area contributed by atoms with E-state index in [4.69, 9.17) is 0 Å². The van der Waals surface area contributed by atoms with Crippen LogP contribution in [0, 0.1) is 5.82 Å². The summed E-state index contributed by atoms with van der Waals surface area (Å²) in [6.07, 6.45) is 3.35. The van der Waals surface area contributed by atoms with Crippen LogP contribution >= 0.6 is 11.8 Å². The molecule has 2 heteroatoms. The second kappa shape index (κ2) is 6.74. The molecular weight excluding hydrogens is 219 g/mol. The van der Waals surface area contributed by atoms with E-state index in [9.17, 15) is 4.39 Å². The van der Waals surface area contributed by atoms with Crippen molar-refractivity contribution in [1.82, 2.24) is 0 Å². The highest BCUT2D eigenvalue weighted by atomic mass is 32.2. The molecule has 0 radical (unpaired) electrons. The van der Waals surface area contributed by atoms with E-state index < -0.39 is 0 Å². The van der Waals surface area contributed by atoms with Crippen LogP contribution in [0.4, 0.5) is 4.39 Å². The zero-order chi connectivity index (χ0) is 12.0. The van der Waals surface area contributed by atoms with Crippen molar-refractivity contribution >= 4 is 11.8 Å². The van der Waals surface area contributed by atoms with E-state index in [1.807, 2.05) is 23.9 Å². The summed E-state index contributed by atoms with van der Waals surface area (Å²) < 4.78 is 12.7. The van der Waals surface area contributed by atoms with Crippen LogP contribution in [0.2, 0.25) is 0 Å². The molecular formula is C14H19FS. The number of thioether (sulfide) groups is 1. The summed E-state index contributed by atoms with van der Waals surface area (Å²) in [5.74, 6) is 0.884. The smallest absolute Gasteiger partial charge is 0.123 e. The Hall–Kier alpha value is -0.760. The molecule has 0 aliphatic rings. The van der Waals surface area contributed by atoms with Gasteiger partial charge in [-0.25, -0.2) is 4.39 Å². The van der Waals surface area contributed by atoms with Gasteiger partial charge in [-0.15, -0.1) is 11.8 Å². The number of benzene rings is 1. The van der Waals surface area contributed by atoms with Crippen molar-refractivity contribution in [3.05, 3.63) is 47.3 Å². The van der Waals surface area contributed by atoms with E-state index >= 15 is 0 Å². The molecule has 1 unspecified atom stereocenters. The van der Waals surface area contributed by atoms with E-state index in [1.165, 1.54) is 23.3 Å². The van der Waals surface area contributed by atoms with Crippen LogP contribution in [-0.2, 0) is 0 Å². The molecule has 1 aromatic rings. The van der Waals surface area contributed by atoms with Crippen molar-refractivity contribution < 1.29 is 4.39 Å². The minimum Gasteiger partial charge on any atom is -0.207 e. The molecule has 1 atom stereocenters. The van der Waals surface area contributed by atoms with Crippen LogP contribution in [-0.4, -0.2) is 5.75 Å². The molecule has 0 N–H and O–H groups in total. The summed E-state index contributed by atoms with van der Waals surface area (Å²) in [7, 11) is 0. The van der Waals surface area contributed by atoms with Crippen molar-refractivity contribution in [2.24, 2.45) is 0 Å². The minimum atomic E-state index is -0.164. The van der Waals surface area contributed by atoms with Crippen LogP contribution in [0.25, 0.3) is 0 Å². The maximum atomic E-state index is 12.7. The average Bonchev–Trinajstić information content (AvgIpc) is 2.27.